The zero-order valence-electron chi connectivity index (χ0n) is 12.3. The van der Waals surface area contributed by atoms with Crippen LogP contribution in [0.4, 0.5) is 4.39 Å². The molecule has 0 aliphatic heterocycles. The topological polar surface area (TPSA) is 33.0 Å². The van der Waals surface area contributed by atoms with E-state index in [0.29, 0.717) is 22.8 Å². The summed E-state index contributed by atoms with van der Waals surface area (Å²) in [5.74, 6) is 0.869. The van der Waals surface area contributed by atoms with Gasteiger partial charge in [-0.3, -0.25) is 0 Å². The first-order valence-electron chi connectivity index (χ1n) is 6.99. The number of ether oxygens (including phenoxy) is 1. The highest BCUT2D eigenvalue weighted by Gasteiger charge is 2.09. The van der Waals surface area contributed by atoms with Crippen LogP contribution in [0.15, 0.2) is 42.5 Å². The summed E-state index contributed by atoms with van der Waals surface area (Å²) in [7, 11) is 0. The molecule has 2 aromatic rings. The van der Waals surface area contributed by atoms with Crippen molar-refractivity contribution >= 4 is 0 Å². The van der Waals surface area contributed by atoms with Crippen molar-refractivity contribution in [2.75, 3.05) is 0 Å². The molecule has 2 aromatic carbocycles. The summed E-state index contributed by atoms with van der Waals surface area (Å²) in [6.45, 7) is 4.40. The molecule has 0 aliphatic rings. The van der Waals surface area contributed by atoms with Crippen LogP contribution in [0, 0.1) is 23.1 Å². The molecule has 0 radical (unpaired) electrons. The number of halogens is 1. The van der Waals surface area contributed by atoms with E-state index < -0.39 is 5.82 Å². The van der Waals surface area contributed by atoms with Gasteiger partial charge in [0.1, 0.15) is 18.2 Å². The second-order valence-corrected chi connectivity index (χ2v) is 5.41. The van der Waals surface area contributed by atoms with Crippen LogP contribution in [-0.2, 0) is 13.0 Å². The number of hydrogen-bond acceptors (Lipinski definition) is 2. The Morgan fingerprint density at radius 3 is 2.48 bits per heavy atom. The minimum atomic E-state index is -0.412. The molecule has 0 aliphatic carbocycles. The maximum absolute atomic E-state index is 13.7. The molecule has 0 unspecified atom stereocenters. The van der Waals surface area contributed by atoms with Crippen molar-refractivity contribution in [1.82, 2.24) is 0 Å². The standard InChI is InChI=1S/C18H18FNO/c1-13(2)10-14-6-8-16(9-7-14)21-12-17-15(11-20)4-3-5-18(17)19/h3-9,13H,10,12H2,1-2H3. The average Bonchev–Trinajstić information content (AvgIpc) is 2.46. The predicted octanol–water partition coefficient (Wildman–Crippen LogP) is 4.47. The molecule has 21 heavy (non-hydrogen) atoms. The molecule has 0 spiro atoms. The first kappa shape index (κ1) is 15.1. The second kappa shape index (κ2) is 6.90. The zero-order valence-corrected chi connectivity index (χ0v) is 12.3. The SMILES string of the molecule is CC(C)Cc1ccc(OCc2c(F)cccc2C#N)cc1. The normalized spacial score (nSPS) is 10.4. The van der Waals surface area contributed by atoms with Crippen molar-refractivity contribution in [2.45, 2.75) is 26.9 Å². The third-order valence-electron chi connectivity index (χ3n) is 3.19. The molecule has 0 N–H and O–H groups in total. The summed E-state index contributed by atoms with van der Waals surface area (Å²) >= 11 is 0. The molecule has 0 amide bonds. The van der Waals surface area contributed by atoms with Gasteiger partial charge in [-0.25, -0.2) is 4.39 Å². The molecule has 0 bridgehead atoms. The van der Waals surface area contributed by atoms with Crippen LogP contribution in [0.25, 0.3) is 0 Å². The van der Waals surface area contributed by atoms with Crippen LogP contribution in [0.5, 0.6) is 5.75 Å². The van der Waals surface area contributed by atoms with Crippen LogP contribution in [-0.4, -0.2) is 0 Å². The maximum atomic E-state index is 13.7. The summed E-state index contributed by atoms with van der Waals surface area (Å²) in [6.07, 6.45) is 1.02. The van der Waals surface area contributed by atoms with E-state index in [-0.39, 0.29) is 6.61 Å². The van der Waals surface area contributed by atoms with E-state index in [1.807, 2.05) is 30.3 Å². The fourth-order valence-corrected chi connectivity index (χ4v) is 2.16. The summed E-state index contributed by atoms with van der Waals surface area (Å²) < 4.78 is 19.3. The predicted molar refractivity (Wildman–Crippen MR) is 80.4 cm³/mol. The van der Waals surface area contributed by atoms with Crippen molar-refractivity contribution in [3.63, 3.8) is 0 Å². The molecule has 108 valence electrons. The van der Waals surface area contributed by atoms with Gasteiger partial charge in [0.25, 0.3) is 0 Å². The number of rotatable bonds is 5. The average molecular weight is 283 g/mol. The molecular weight excluding hydrogens is 265 g/mol. The third kappa shape index (κ3) is 4.06. The van der Waals surface area contributed by atoms with Crippen molar-refractivity contribution < 1.29 is 9.13 Å². The van der Waals surface area contributed by atoms with E-state index in [0.717, 1.165) is 6.42 Å². The van der Waals surface area contributed by atoms with Gasteiger partial charge in [0.2, 0.25) is 0 Å². The fourth-order valence-electron chi connectivity index (χ4n) is 2.16. The van der Waals surface area contributed by atoms with Gasteiger partial charge in [-0.2, -0.15) is 5.26 Å². The molecule has 0 atom stereocenters. The Hall–Kier alpha value is -2.34. The third-order valence-corrected chi connectivity index (χ3v) is 3.19. The molecule has 0 fully saturated rings. The second-order valence-electron chi connectivity index (χ2n) is 5.41. The van der Waals surface area contributed by atoms with Crippen molar-refractivity contribution in [3.8, 4) is 11.8 Å². The van der Waals surface area contributed by atoms with E-state index in [4.69, 9.17) is 10.00 Å². The maximum Gasteiger partial charge on any atom is 0.131 e. The van der Waals surface area contributed by atoms with E-state index in [1.54, 1.807) is 6.07 Å². The van der Waals surface area contributed by atoms with Crippen LogP contribution >= 0.6 is 0 Å². The molecule has 0 heterocycles. The molecule has 3 heteroatoms. The van der Waals surface area contributed by atoms with E-state index >= 15 is 0 Å². The Labute approximate surface area is 124 Å². The van der Waals surface area contributed by atoms with Crippen molar-refractivity contribution in [3.05, 3.63) is 65.0 Å². The van der Waals surface area contributed by atoms with Crippen LogP contribution in [0.3, 0.4) is 0 Å². The smallest absolute Gasteiger partial charge is 0.131 e. The highest BCUT2D eigenvalue weighted by molar-refractivity contribution is 5.38. The van der Waals surface area contributed by atoms with Crippen LogP contribution in [0.2, 0.25) is 0 Å². The largest absolute Gasteiger partial charge is 0.489 e. The molecule has 2 nitrogen and oxygen atoms in total. The summed E-state index contributed by atoms with van der Waals surface area (Å²) in [4.78, 5) is 0. The highest BCUT2D eigenvalue weighted by Crippen LogP contribution is 2.19. The highest BCUT2D eigenvalue weighted by atomic mass is 19.1. The minimum Gasteiger partial charge on any atom is -0.489 e. The van der Waals surface area contributed by atoms with Crippen LogP contribution < -0.4 is 4.74 Å². The molecule has 0 aromatic heterocycles. The lowest BCUT2D eigenvalue weighted by atomic mass is 10.0. The number of hydrogen-bond donors (Lipinski definition) is 0. The number of nitriles is 1. The van der Waals surface area contributed by atoms with Gasteiger partial charge in [-0.05, 0) is 42.2 Å². The molecular formula is C18H18FNO. The Morgan fingerprint density at radius 1 is 1.14 bits per heavy atom. The number of nitrogens with zero attached hydrogens (tertiary/aromatic N) is 1. The van der Waals surface area contributed by atoms with Gasteiger partial charge >= 0.3 is 0 Å². The van der Waals surface area contributed by atoms with Gasteiger partial charge in [-0.1, -0.05) is 32.0 Å². The van der Waals surface area contributed by atoms with E-state index in [9.17, 15) is 4.39 Å². The lowest BCUT2D eigenvalue weighted by Gasteiger charge is -2.10. The summed E-state index contributed by atoms with van der Waals surface area (Å²) in [5, 5.41) is 8.99. The Kier molecular flexibility index (Phi) is 4.94. The Morgan fingerprint density at radius 2 is 1.86 bits per heavy atom. The lowest BCUT2D eigenvalue weighted by Crippen LogP contribution is -2.02. The molecule has 0 saturated heterocycles. The van der Waals surface area contributed by atoms with Crippen molar-refractivity contribution in [2.24, 2.45) is 5.92 Å². The summed E-state index contributed by atoms with van der Waals surface area (Å²) in [6, 6.07) is 14.2. The quantitative estimate of drug-likeness (QED) is 0.810. The van der Waals surface area contributed by atoms with Gasteiger partial charge in [0.05, 0.1) is 11.6 Å². The van der Waals surface area contributed by atoms with Gasteiger partial charge in [0, 0.05) is 5.56 Å². The van der Waals surface area contributed by atoms with Gasteiger partial charge < -0.3 is 4.74 Å². The fraction of sp³-hybridized carbons (Fsp3) is 0.278. The summed E-state index contributed by atoms with van der Waals surface area (Å²) in [5.41, 5.74) is 1.86. The monoisotopic (exact) mass is 283 g/mol. The van der Waals surface area contributed by atoms with Gasteiger partial charge in [-0.15, -0.1) is 0 Å². The Bertz CT molecular complexity index is 641. The lowest BCUT2D eigenvalue weighted by molar-refractivity contribution is 0.299. The first-order valence-corrected chi connectivity index (χ1v) is 6.99. The van der Waals surface area contributed by atoms with E-state index in [1.165, 1.54) is 17.7 Å². The molecule has 0 saturated carbocycles. The first-order chi connectivity index (χ1) is 10.1. The minimum absolute atomic E-state index is 0.0547. The van der Waals surface area contributed by atoms with Crippen molar-refractivity contribution in [1.29, 1.82) is 5.26 Å². The molecule has 2 rings (SSSR count). The van der Waals surface area contributed by atoms with Crippen LogP contribution in [0.1, 0.15) is 30.5 Å². The zero-order chi connectivity index (χ0) is 15.2. The number of benzene rings is 2. The Balaban J connectivity index is 2.05. The van der Waals surface area contributed by atoms with Gasteiger partial charge in [0.15, 0.2) is 0 Å². The van der Waals surface area contributed by atoms with E-state index in [2.05, 4.69) is 13.8 Å².